The molecule has 0 spiro atoms. The fourth-order valence-corrected chi connectivity index (χ4v) is 2.35. The Morgan fingerprint density at radius 3 is 2.38 bits per heavy atom. The molecule has 76 valence electrons. The molecule has 0 bridgehead atoms. The highest BCUT2D eigenvalue weighted by Crippen LogP contribution is 2.15. The lowest BCUT2D eigenvalue weighted by Gasteiger charge is -2.08. The van der Waals surface area contributed by atoms with Crippen LogP contribution in [0.5, 0.6) is 0 Å². The summed E-state index contributed by atoms with van der Waals surface area (Å²) in [5, 5.41) is 0. The fraction of sp³-hybridized carbons (Fsp3) is 0.857. The van der Waals surface area contributed by atoms with Crippen molar-refractivity contribution in [2.45, 2.75) is 26.3 Å². The predicted octanol–water partition coefficient (Wildman–Crippen LogP) is -0.293. The Labute approximate surface area is 78.3 Å². The van der Waals surface area contributed by atoms with Gasteiger partial charge in [0.15, 0.2) is 0 Å². The second kappa shape index (κ2) is 3.26. The zero-order valence-corrected chi connectivity index (χ0v) is 8.76. The van der Waals surface area contributed by atoms with Crippen LogP contribution in [0.15, 0.2) is 0 Å². The van der Waals surface area contributed by atoms with Gasteiger partial charge in [0.25, 0.3) is 5.91 Å². The molecule has 1 heterocycles. The third-order valence-corrected chi connectivity index (χ3v) is 3.45. The fourth-order valence-electron chi connectivity index (χ4n) is 1.27. The minimum absolute atomic E-state index is 0.295. The predicted molar refractivity (Wildman–Crippen MR) is 48.1 cm³/mol. The van der Waals surface area contributed by atoms with E-state index in [1.165, 1.54) is 7.05 Å². The van der Waals surface area contributed by atoms with Crippen molar-refractivity contribution >= 4 is 16.1 Å². The molecule has 0 aliphatic carbocycles. The molecule has 1 amide bonds. The van der Waals surface area contributed by atoms with Crippen molar-refractivity contribution in [2.75, 3.05) is 7.05 Å². The molecule has 1 aliphatic heterocycles. The van der Waals surface area contributed by atoms with Gasteiger partial charge in [-0.05, 0) is 12.3 Å². The van der Waals surface area contributed by atoms with Gasteiger partial charge in [0.1, 0.15) is 6.04 Å². The summed E-state index contributed by atoms with van der Waals surface area (Å²) in [5.74, 6) is -0.0724. The molecule has 6 heteroatoms. The average molecular weight is 206 g/mol. The van der Waals surface area contributed by atoms with E-state index in [9.17, 15) is 13.2 Å². The van der Waals surface area contributed by atoms with Crippen LogP contribution < -0.4 is 4.72 Å². The maximum absolute atomic E-state index is 11.3. The number of carbonyl (C=O) groups excluding carboxylic acids is 1. The molecule has 0 aromatic carbocycles. The van der Waals surface area contributed by atoms with Crippen LogP contribution in [-0.4, -0.2) is 31.7 Å². The quantitative estimate of drug-likeness (QED) is 0.675. The molecular weight excluding hydrogens is 192 g/mol. The minimum atomic E-state index is -3.54. The van der Waals surface area contributed by atoms with Crippen molar-refractivity contribution in [3.63, 3.8) is 0 Å². The van der Waals surface area contributed by atoms with E-state index < -0.39 is 16.3 Å². The number of likely N-dealkylation sites (N-methyl/N-ethyl adjacent to an activating group) is 1. The van der Waals surface area contributed by atoms with Gasteiger partial charge in [-0.25, -0.2) is 4.31 Å². The lowest BCUT2D eigenvalue weighted by Crippen LogP contribution is -2.30. The van der Waals surface area contributed by atoms with Crippen LogP contribution >= 0.6 is 0 Å². The average Bonchev–Trinajstić information content (AvgIpc) is 2.13. The number of rotatable bonds is 2. The molecule has 0 aromatic rings. The molecule has 1 rings (SSSR count). The van der Waals surface area contributed by atoms with Crippen LogP contribution in [0.3, 0.4) is 0 Å². The van der Waals surface area contributed by atoms with Crippen LogP contribution in [0.25, 0.3) is 0 Å². The lowest BCUT2D eigenvalue weighted by molar-refractivity contribution is -0.126. The molecule has 0 saturated carbocycles. The highest BCUT2D eigenvalue weighted by Gasteiger charge is 2.40. The molecule has 5 nitrogen and oxygen atoms in total. The van der Waals surface area contributed by atoms with E-state index in [4.69, 9.17) is 0 Å². The summed E-state index contributed by atoms with van der Waals surface area (Å²) in [6.45, 7) is 3.89. The van der Waals surface area contributed by atoms with Crippen molar-refractivity contribution in [3.05, 3.63) is 0 Å². The van der Waals surface area contributed by atoms with Gasteiger partial charge in [0, 0.05) is 7.05 Å². The Morgan fingerprint density at radius 1 is 1.54 bits per heavy atom. The van der Waals surface area contributed by atoms with E-state index in [1.54, 1.807) is 0 Å². The van der Waals surface area contributed by atoms with Crippen LogP contribution in [-0.2, 0) is 15.0 Å². The van der Waals surface area contributed by atoms with Gasteiger partial charge in [-0.3, -0.25) is 4.79 Å². The summed E-state index contributed by atoms with van der Waals surface area (Å²) in [5.41, 5.74) is 0. The molecule has 1 N–H and O–H groups in total. The van der Waals surface area contributed by atoms with E-state index in [0.29, 0.717) is 12.3 Å². The van der Waals surface area contributed by atoms with Crippen molar-refractivity contribution in [2.24, 2.45) is 5.92 Å². The van der Waals surface area contributed by atoms with E-state index in [1.807, 2.05) is 13.8 Å². The molecule has 0 unspecified atom stereocenters. The first-order chi connectivity index (χ1) is 5.84. The standard InChI is InChI=1S/C7H14N2O3S/c1-5(2)4-6-7(10)9(3)13(11,12)8-6/h5-6,8H,4H2,1-3H3/t6-/m1/s1. The molecule has 13 heavy (non-hydrogen) atoms. The Morgan fingerprint density at radius 2 is 2.08 bits per heavy atom. The Bertz CT molecular complexity index is 310. The number of hydrogen-bond acceptors (Lipinski definition) is 3. The zero-order chi connectivity index (χ0) is 10.2. The maximum atomic E-state index is 11.3. The summed E-state index contributed by atoms with van der Waals surface area (Å²) >= 11 is 0. The van der Waals surface area contributed by atoms with Crippen LogP contribution in [0.2, 0.25) is 0 Å². The molecule has 1 saturated heterocycles. The summed E-state index contributed by atoms with van der Waals surface area (Å²) in [4.78, 5) is 11.3. The van der Waals surface area contributed by atoms with Gasteiger partial charge in [-0.1, -0.05) is 13.8 Å². The SMILES string of the molecule is CC(C)C[C@H]1NS(=O)(=O)N(C)C1=O. The van der Waals surface area contributed by atoms with Crippen molar-refractivity contribution in [1.82, 2.24) is 9.03 Å². The van der Waals surface area contributed by atoms with Crippen molar-refractivity contribution < 1.29 is 13.2 Å². The first kappa shape index (κ1) is 10.5. The third kappa shape index (κ3) is 2.00. The molecular formula is C7H14N2O3S. The monoisotopic (exact) mass is 206 g/mol. The molecule has 0 radical (unpaired) electrons. The molecule has 1 atom stereocenters. The molecule has 0 aromatic heterocycles. The minimum Gasteiger partial charge on any atom is -0.272 e. The number of hydrogen-bond donors (Lipinski definition) is 1. The van der Waals surface area contributed by atoms with E-state index in [-0.39, 0.29) is 5.91 Å². The van der Waals surface area contributed by atoms with Gasteiger partial charge in [-0.2, -0.15) is 13.1 Å². The van der Waals surface area contributed by atoms with E-state index >= 15 is 0 Å². The van der Waals surface area contributed by atoms with Gasteiger partial charge in [-0.15, -0.1) is 0 Å². The topological polar surface area (TPSA) is 66.5 Å². The normalized spacial score (nSPS) is 27.2. The highest BCUT2D eigenvalue weighted by atomic mass is 32.2. The lowest BCUT2D eigenvalue weighted by atomic mass is 10.0. The maximum Gasteiger partial charge on any atom is 0.304 e. The third-order valence-electron chi connectivity index (χ3n) is 1.97. The first-order valence-electron chi connectivity index (χ1n) is 4.14. The number of nitrogens with zero attached hydrogens (tertiary/aromatic N) is 1. The Kier molecular flexibility index (Phi) is 2.63. The van der Waals surface area contributed by atoms with Crippen LogP contribution in [0.4, 0.5) is 0 Å². The van der Waals surface area contributed by atoms with Gasteiger partial charge < -0.3 is 0 Å². The van der Waals surface area contributed by atoms with E-state index in [0.717, 1.165) is 4.31 Å². The summed E-state index contributed by atoms with van der Waals surface area (Å²) < 4.78 is 25.4. The number of nitrogens with one attached hydrogen (secondary N) is 1. The molecule has 1 fully saturated rings. The van der Waals surface area contributed by atoms with E-state index in [2.05, 4.69) is 4.72 Å². The second-order valence-electron chi connectivity index (χ2n) is 3.61. The highest BCUT2D eigenvalue weighted by molar-refractivity contribution is 7.88. The van der Waals surface area contributed by atoms with Crippen molar-refractivity contribution in [3.8, 4) is 0 Å². The van der Waals surface area contributed by atoms with Gasteiger partial charge in [0.2, 0.25) is 0 Å². The Hall–Kier alpha value is -0.620. The first-order valence-corrected chi connectivity index (χ1v) is 5.58. The largest absolute Gasteiger partial charge is 0.304 e. The summed E-state index contributed by atoms with van der Waals surface area (Å²) in [7, 11) is -2.27. The number of amides is 1. The number of carbonyl (C=O) groups is 1. The second-order valence-corrected chi connectivity index (χ2v) is 5.34. The zero-order valence-electron chi connectivity index (χ0n) is 7.94. The molecule has 1 aliphatic rings. The van der Waals surface area contributed by atoms with Crippen molar-refractivity contribution in [1.29, 1.82) is 0 Å². The van der Waals surface area contributed by atoms with Gasteiger partial charge >= 0.3 is 10.2 Å². The summed E-state index contributed by atoms with van der Waals surface area (Å²) in [6, 6.07) is -0.574. The Balaban J connectivity index is 2.79. The van der Waals surface area contributed by atoms with Crippen LogP contribution in [0, 0.1) is 5.92 Å². The summed E-state index contributed by atoms with van der Waals surface area (Å²) in [6.07, 6.45) is 0.544. The van der Waals surface area contributed by atoms with Gasteiger partial charge in [0.05, 0.1) is 0 Å². The van der Waals surface area contributed by atoms with Crippen LogP contribution in [0.1, 0.15) is 20.3 Å². The smallest absolute Gasteiger partial charge is 0.272 e.